The lowest BCUT2D eigenvalue weighted by molar-refractivity contribution is 0.429. The topological polar surface area (TPSA) is 43.8 Å². The highest BCUT2D eigenvalue weighted by molar-refractivity contribution is 5.48. The zero-order valence-electron chi connectivity index (χ0n) is 8.89. The average Bonchev–Trinajstić information content (AvgIpc) is 2.51. The lowest BCUT2D eigenvalue weighted by Gasteiger charge is -2.03. The van der Waals surface area contributed by atoms with Gasteiger partial charge in [-0.2, -0.15) is 5.10 Å². The normalized spacial score (nSPS) is 10.8. The van der Waals surface area contributed by atoms with Gasteiger partial charge in [0.1, 0.15) is 0 Å². The third kappa shape index (κ3) is 2.05. The van der Waals surface area contributed by atoms with Crippen LogP contribution in [0.1, 0.15) is 31.7 Å². The minimum absolute atomic E-state index is 0.301. The highest BCUT2D eigenvalue weighted by Crippen LogP contribution is 2.18. The van der Waals surface area contributed by atoms with Gasteiger partial charge in [-0.05, 0) is 19.3 Å². The van der Waals surface area contributed by atoms with Crippen LogP contribution in [-0.2, 0) is 19.4 Å². The SMILES string of the molecule is CCc1nn(CCCF)c(CC)c1N. The highest BCUT2D eigenvalue weighted by Gasteiger charge is 2.11. The van der Waals surface area contributed by atoms with Crippen molar-refractivity contribution in [2.75, 3.05) is 12.4 Å². The molecule has 1 heterocycles. The molecule has 0 aliphatic rings. The number of alkyl halides is 1. The molecule has 0 amide bonds. The maximum atomic E-state index is 12.0. The van der Waals surface area contributed by atoms with Crippen LogP contribution in [0.3, 0.4) is 0 Å². The Morgan fingerprint density at radius 1 is 1.36 bits per heavy atom. The van der Waals surface area contributed by atoms with Crippen molar-refractivity contribution >= 4 is 5.69 Å². The van der Waals surface area contributed by atoms with Crippen LogP contribution in [0, 0.1) is 0 Å². The van der Waals surface area contributed by atoms with E-state index < -0.39 is 0 Å². The van der Waals surface area contributed by atoms with Crippen molar-refractivity contribution < 1.29 is 4.39 Å². The van der Waals surface area contributed by atoms with Crippen LogP contribution >= 0.6 is 0 Å². The second-order valence-electron chi connectivity index (χ2n) is 3.28. The van der Waals surface area contributed by atoms with Gasteiger partial charge in [-0.15, -0.1) is 0 Å². The maximum Gasteiger partial charge on any atom is 0.0912 e. The molecule has 0 fully saturated rings. The molecule has 0 aromatic carbocycles. The lowest BCUT2D eigenvalue weighted by atomic mass is 10.2. The fourth-order valence-corrected chi connectivity index (χ4v) is 1.59. The summed E-state index contributed by atoms with van der Waals surface area (Å²) in [6.07, 6.45) is 2.20. The number of hydrogen-bond acceptors (Lipinski definition) is 2. The molecule has 80 valence electrons. The van der Waals surface area contributed by atoms with Crippen LogP contribution in [0.4, 0.5) is 10.1 Å². The van der Waals surface area contributed by atoms with E-state index >= 15 is 0 Å². The van der Waals surface area contributed by atoms with Gasteiger partial charge in [0.25, 0.3) is 0 Å². The predicted octanol–water partition coefficient (Wildman–Crippen LogP) is 1.95. The van der Waals surface area contributed by atoms with E-state index in [0.29, 0.717) is 13.0 Å². The van der Waals surface area contributed by atoms with Crippen LogP contribution in [0.2, 0.25) is 0 Å². The highest BCUT2D eigenvalue weighted by atomic mass is 19.1. The number of halogens is 1. The van der Waals surface area contributed by atoms with Gasteiger partial charge < -0.3 is 5.73 Å². The molecule has 2 N–H and O–H groups in total. The van der Waals surface area contributed by atoms with E-state index in [-0.39, 0.29) is 6.67 Å². The lowest BCUT2D eigenvalue weighted by Crippen LogP contribution is -2.06. The number of nitrogen functional groups attached to an aromatic ring is 1. The molecular formula is C10H18FN3. The Bertz CT molecular complexity index is 294. The van der Waals surface area contributed by atoms with E-state index in [1.165, 1.54) is 0 Å². The molecule has 0 aliphatic heterocycles. The zero-order valence-corrected chi connectivity index (χ0v) is 8.89. The molecule has 1 aromatic rings. The van der Waals surface area contributed by atoms with Gasteiger partial charge in [0.05, 0.1) is 23.7 Å². The first-order valence-electron chi connectivity index (χ1n) is 5.14. The predicted molar refractivity (Wildman–Crippen MR) is 56.0 cm³/mol. The van der Waals surface area contributed by atoms with Crippen molar-refractivity contribution in [2.24, 2.45) is 0 Å². The summed E-state index contributed by atoms with van der Waals surface area (Å²) in [5.74, 6) is 0. The van der Waals surface area contributed by atoms with Crippen molar-refractivity contribution in [1.29, 1.82) is 0 Å². The van der Waals surface area contributed by atoms with Gasteiger partial charge in [-0.25, -0.2) is 0 Å². The fourth-order valence-electron chi connectivity index (χ4n) is 1.59. The second kappa shape index (κ2) is 4.98. The van der Waals surface area contributed by atoms with E-state index in [4.69, 9.17) is 5.73 Å². The molecule has 1 rings (SSSR count). The minimum atomic E-state index is -0.301. The van der Waals surface area contributed by atoms with Crippen molar-refractivity contribution in [3.05, 3.63) is 11.4 Å². The molecule has 0 aliphatic carbocycles. The van der Waals surface area contributed by atoms with Gasteiger partial charge in [0.15, 0.2) is 0 Å². The van der Waals surface area contributed by atoms with Crippen molar-refractivity contribution in [3.8, 4) is 0 Å². The van der Waals surface area contributed by atoms with E-state index in [1.54, 1.807) is 0 Å². The largest absolute Gasteiger partial charge is 0.396 e. The summed E-state index contributed by atoms with van der Waals surface area (Å²) in [4.78, 5) is 0. The van der Waals surface area contributed by atoms with Gasteiger partial charge in [-0.3, -0.25) is 9.07 Å². The number of anilines is 1. The number of nitrogens with zero attached hydrogens (tertiary/aromatic N) is 2. The van der Waals surface area contributed by atoms with Gasteiger partial charge >= 0.3 is 0 Å². The fraction of sp³-hybridized carbons (Fsp3) is 0.700. The van der Waals surface area contributed by atoms with Crippen LogP contribution in [0.5, 0.6) is 0 Å². The number of aryl methyl sites for hydroxylation is 2. The number of aromatic nitrogens is 2. The number of nitrogens with two attached hydrogens (primary N) is 1. The third-order valence-corrected chi connectivity index (χ3v) is 2.35. The minimum Gasteiger partial charge on any atom is -0.396 e. The van der Waals surface area contributed by atoms with E-state index in [2.05, 4.69) is 5.10 Å². The summed E-state index contributed by atoms with van der Waals surface area (Å²) < 4.78 is 13.9. The number of hydrogen-bond donors (Lipinski definition) is 1. The molecule has 0 bridgehead atoms. The Morgan fingerprint density at radius 3 is 2.57 bits per heavy atom. The Kier molecular flexibility index (Phi) is 3.92. The first-order chi connectivity index (χ1) is 6.74. The molecule has 0 spiro atoms. The zero-order chi connectivity index (χ0) is 10.6. The quantitative estimate of drug-likeness (QED) is 0.787. The van der Waals surface area contributed by atoms with Gasteiger partial charge in [-0.1, -0.05) is 13.8 Å². The van der Waals surface area contributed by atoms with Crippen molar-refractivity contribution in [2.45, 2.75) is 39.7 Å². The molecule has 3 nitrogen and oxygen atoms in total. The molecule has 0 atom stereocenters. The Morgan fingerprint density at radius 2 is 2.07 bits per heavy atom. The second-order valence-corrected chi connectivity index (χ2v) is 3.28. The molecular weight excluding hydrogens is 181 g/mol. The van der Waals surface area contributed by atoms with Crippen LogP contribution in [0.15, 0.2) is 0 Å². The Labute approximate surface area is 84.1 Å². The number of rotatable bonds is 5. The van der Waals surface area contributed by atoms with E-state index in [9.17, 15) is 4.39 Å². The van der Waals surface area contributed by atoms with E-state index in [1.807, 2.05) is 18.5 Å². The van der Waals surface area contributed by atoms with Crippen molar-refractivity contribution in [1.82, 2.24) is 9.78 Å². The summed E-state index contributed by atoms with van der Waals surface area (Å²) >= 11 is 0. The summed E-state index contributed by atoms with van der Waals surface area (Å²) in [5.41, 5.74) is 8.67. The molecule has 0 saturated carbocycles. The molecule has 1 aromatic heterocycles. The molecule has 0 radical (unpaired) electrons. The summed E-state index contributed by atoms with van der Waals surface area (Å²) in [7, 11) is 0. The monoisotopic (exact) mass is 199 g/mol. The summed E-state index contributed by atoms with van der Waals surface area (Å²) in [6.45, 7) is 4.39. The third-order valence-electron chi connectivity index (χ3n) is 2.35. The van der Waals surface area contributed by atoms with Crippen LogP contribution < -0.4 is 5.73 Å². The molecule has 0 saturated heterocycles. The summed E-state index contributed by atoms with van der Waals surface area (Å²) in [6, 6.07) is 0. The Hall–Kier alpha value is -1.06. The van der Waals surface area contributed by atoms with Gasteiger partial charge in [0.2, 0.25) is 0 Å². The Balaban J connectivity index is 2.90. The standard InChI is InChI=1S/C10H18FN3/c1-3-8-10(12)9(4-2)14(13-8)7-5-6-11/h3-7,12H2,1-2H3. The maximum absolute atomic E-state index is 12.0. The molecule has 4 heteroatoms. The first kappa shape index (κ1) is 11.0. The van der Waals surface area contributed by atoms with E-state index in [0.717, 1.165) is 29.9 Å². The van der Waals surface area contributed by atoms with Crippen molar-refractivity contribution in [3.63, 3.8) is 0 Å². The van der Waals surface area contributed by atoms with Gasteiger partial charge in [0, 0.05) is 6.54 Å². The van der Waals surface area contributed by atoms with Crippen LogP contribution in [-0.4, -0.2) is 16.5 Å². The molecule has 14 heavy (non-hydrogen) atoms. The average molecular weight is 199 g/mol. The first-order valence-corrected chi connectivity index (χ1v) is 5.14. The smallest absolute Gasteiger partial charge is 0.0912 e. The van der Waals surface area contributed by atoms with Crippen LogP contribution in [0.25, 0.3) is 0 Å². The summed E-state index contributed by atoms with van der Waals surface area (Å²) in [5, 5.41) is 4.36. The molecule has 0 unspecified atom stereocenters.